The smallest absolute Gasteiger partial charge is 0.134 e. The van der Waals surface area contributed by atoms with Crippen LogP contribution in [0.1, 0.15) is 38.2 Å². The van der Waals surface area contributed by atoms with Crippen molar-refractivity contribution in [3.05, 3.63) is 36.1 Å². The van der Waals surface area contributed by atoms with E-state index in [1.165, 1.54) is 36.6 Å². The van der Waals surface area contributed by atoms with Crippen LogP contribution in [0.25, 0.3) is 11.0 Å². The van der Waals surface area contributed by atoms with Crippen molar-refractivity contribution in [2.24, 2.45) is 5.41 Å². The standard InChI is InChI=1S/C16H21NO/c1-16(8-4-5-9-16)12-17-10-13-11-18-15-7-3-2-6-14(13)15/h2-3,6-7,11,17H,4-5,8-10,12H2,1H3. The Labute approximate surface area is 108 Å². The molecule has 1 aromatic carbocycles. The molecule has 1 aliphatic carbocycles. The highest BCUT2D eigenvalue weighted by atomic mass is 16.3. The number of hydrogen-bond donors (Lipinski definition) is 1. The number of nitrogens with one attached hydrogen (secondary N) is 1. The van der Waals surface area contributed by atoms with Crippen molar-refractivity contribution < 1.29 is 4.42 Å². The summed E-state index contributed by atoms with van der Waals surface area (Å²) < 4.78 is 5.56. The summed E-state index contributed by atoms with van der Waals surface area (Å²) in [5.74, 6) is 0. The van der Waals surface area contributed by atoms with Crippen LogP contribution < -0.4 is 5.32 Å². The highest BCUT2D eigenvalue weighted by Crippen LogP contribution is 2.36. The van der Waals surface area contributed by atoms with Gasteiger partial charge in [-0.25, -0.2) is 0 Å². The Morgan fingerprint density at radius 3 is 2.83 bits per heavy atom. The molecule has 1 N–H and O–H groups in total. The zero-order chi connectivity index (χ0) is 12.4. The minimum absolute atomic E-state index is 0.513. The van der Waals surface area contributed by atoms with Crippen molar-refractivity contribution in [2.75, 3.05) is 6.54 Å². The fourth-order valence-electron chi connectivity index (χ4n) is 3.07. The first-order valence-corrected chi connectivity index (χ1v) is 6.93. The van der Waals surface area contributed by atoms with Crippen molar-refractivity contribution in [3.8, 4) is 0 Å². The van der Waals surface area contributed by atoms with Crippen molar-refractivity contribution in [1.29, 1.82) is 0 Å². The quantitative estimate of drug-likeness (QED) is 0.874. The molecule has 0 saturated heterocycles. The molecule has 1 fully saturated rings. The van der Waals surface area contributed by atoms with Crippen molar-refractivity contribution in [1.82, 2.24) is 5.32 Å². The van der Waals surface area contributed by atoms with E-state index in [1.54, 1.807) is 0 Å². The summed E-state index contributed by atoms with van der Waals surface area (Å²) in [6.07, 6.45) is 7.41. The van der Waals surface area contributed by atoms with Crippen LogP contribution in [0, 0.1) is 5.41 Å². The molecule has 1 aliphatic rings. The molecular formula is C16H21NO. The summed E-state index contributed by atoms with van der Waals surface area (Å²) in [5.41, 5.74) is 2.77. The molecule has 1 aromatic heterocycles. The van der Waals surface area contributed by atoms with Crippen LogP contribution in [-0.4, -0.2) is 6.54 Å². The third-order valence-electron chi connectivity index (χ3n) is 4.24. The van der Waals surface area contributed by atoms with Crippen LogP contribution in [0.4, 0.5) is 0 Å². The number of hydrogen-bond acceptors (Lipinski definition) is 2. The molecule has 2 nitrogen and oxygen atoms in total. The number of rotatable bonds is 4. The maximum absolute atomic E-state index is 5.56. The minimum atomic E-state index is 0.513. The van der Waals surface area contributed by atoms with Crippen LogP contribution in [0.15, 0.2) is 34.9 Å². The molecule has 0 spiro atoms. The molecule has 0 radical (unpaired) electrons. The van der Waals surface area contributed by atoms with E-state index in [9.17, 15) is 0 Å². The van der Waals surface area contributed by atoms with Gasteiger partial charge in [-0.05, 0) is 24.3 Å². The monoisotopic (exact) mass is 243 g/mol. The van der Waals surface area contributed by atoms with Gasteiger partial charge in [0.25, 0.3) is 0 Å². The zero-order valence-electron chi connectivity index (χ0n) is 11.0. The van der Waals surface area contributed by atoms with Crippen molar-refractivity contribution in [3.63, 3.8) is 0 Å². The van der Waals surface area contributed by atoms with E-state index in [4.69, 9.17) is 4.42 Å². The van der Waals surface area contributed by atoms with E-state index >= 15 is 0 Å². The molecule has 0 aliphatic heterocycles. The average Bonchev–Trinajstić information content (AvgIpc) is 2.97. The lowest BCUT2D eigenvalue weighted by molar-refractivity contribution is 0.314. The third-order valence-corrected chi connectivity index (χ3v) is 4.24. The lowest BCUT2D eigenvalue weighted by Crippen LogP contribution is -2.29. The summed E-state index contributed by atoms with van der Waals surface area (Å²) in [4.78, 5) is 0. The van der Waals surface area contributed by atoms with E-state index in [0.29, 0.717) is 5.41 Å². The van der Waals surface area contributed by atoms with Gasteiger partial charge in [0.1, 0.15) is 5.58 Å². The molecule has 2 aromatic rings. The lowest BCUT2D eigenvalue weighted by Gasteiger charge is -2.23. The van der Waals surface area contributed by atoms with Gasteiger partial charge in [0.05, 0.1) is 6.26 Å². The molecule has 0 atom stereocenters. The van der Waals surface area contributed by atoms with Crippen LogP contribution in [0.2, 0.25) is 0 Å². The molecule has 1 saturated carbocycles. The number of fused-ring (bicyclic) bond motifs is 1. The minimum Gasteiger partial charge on any atom is -0.464 e. The Balaban J connectivity index is 1.63. The fourth-order valence-corrected chi connectivity index (χ4v) is 3.07. The first-order chi connectivity index (χ1) is 8.77. The first kappa shape index (κ1) is 11.8. The summed E-state index contributed by atoms with van der Waals surface area (Å²) in [5, 5.41) is 4.84. The summed E-state index contributed by atoms with van der Waals surface area (Å²) in [7, 11) is 0. The van der Waals surface area contributed by atoms with Gasteiger partial charge in [0, 0.05) is 24.0 Å². The highest BCUT2D eigenvalue weighted by molar-refractivity contribution is 5.80. The van der Waals surface area contributed by atoms with Crippen LogP contribution in [0.5, 0.6) is 0 Å². The Kier molecular flexibility index (Phi) is 3.13. The molecular weight excluding hydrogens is 222 g/mol. The van der Waals surface area contributed by atoms with Gasteiger partial charge in [-0.3, -0.25) is 0 Å². The van der Waals surface area contributed by atoms with Gasteiger partial charge < -0.3 is 9.73 Å². The lowest BCUT2D eigenvalue weighted by atomic mass is 9.89. The summed E-state index contributed by atoms with van der Waals surface area (Å²) in [6, 6.07) is 8.24. The van der Waals surface area contributed by atoms with E-state index in [-0.39, 0.29) is 0 Å². The Morgan fingerprint density at radius 1 is 1.22 bits per heavy atom. The molecule has 0 unspecified atom stereocenters. The third kappa shape index (κ3) is 2.30. The van der Waals surface area contributed by atoms with Gasteiger partial charge in [0.2, 0.25) is 0 Å². The average molecular weight is 243 g/mol. The fraction of sp³-hybridized carbons (Fsp3) is 0.500. The van der Waals surface area contributed by atoms with Crippen molar-refractivity contribution in [2.45, 2.75) is 39.2 Å². The molecule has 3 rings (SSSR count). The van der Waals surface area contributed by atoms with Gasteiger partial charge in [-0.1, -0.05) is 38.0 Å². The second-order valence-electron chi connectivity index (χ2n) is 5.88. The van der Waals surface area contributed by atoms with Crippen molar-refractivity contribution >= 4 is 11.0 Å². The largest absolute Gasteiger partial charge is 0.464 e. The first-order valence-electron chi connectivity index (χ1n) is 6.93. The Morgan fingerprint density at radius 2 is 2.00 bits per heavy atom. The highest BCUT2D eigenvalue weighted by Gasteiger charge is 2.27. The predicted molar refractivity (Wildman–Crippen MR) is 74.5 cm³/mol. The number of benzene rings is 1. The molecule has 1 heterocycles. The van der Waals surface area contributed by atoms with Crippen LogP contribution in [-0.2, 0) is 6.54 Å². The topological polar surface area (TPSA) is 25.2 Å². The SMILES string of the molecule is CC1(CNCc2coc3ccccc23)CCCC1. The van der Waals surface area contributed by atoms with E-state index in [1.807, 2.05) is 18.4 Å². The maximum atomic E-state index is 5.56. The van der Waals surface area contributed by atoms with Gasteiger partial charge in [-0.2, -0.15) is 0 Å². The second-order valence-corrected chi connectivity index (χ2v) is 5.88. The molecule has 0 amide bonds. The normalized spacial score (nSPS) is 18.5. The molecule has 0 bridgehead atoms. The van der Waals surface area contributed by atoms with Crippen LogP contribution >= 0.6 is 0 Å². The maximum Gasteiger partial charge on any atom is 0.134 e. The van der Waals surface area contributed by atoms with E-state index in [0.717, 1.165) is 18.7 Å². The predicted octanol–water partition coefficient (Wildman–Crippen LogP) is 4.10. The van der Waals surface area contributed by atoms with E-state index in [2.05, 4.69) is 24.4 Å². The molecule has 2 heteroatoms. The Hall–Kier alpha value is -1.28. The zero-order valence-corrected chi connectivity index (χ0v) is 11.0. The molecule has 18 heavy (non-hydrogen) atoms. The molecule has 96 valence electrons. The number of furan rings is 1. The van der Waals surface area contributed by atoms with Crippen LogP contribution in [0.3, 0.4) is 0 Å². The summed E-state index contributed by atoms with van der Waals surface area (Å²) >= 11 is 0. The van der Waals surface area contributed by atoms with Gasteiger partial charge in [0.15, 0.2) is 0 Å². The Bertz CT molecular complexity index is 523. The van der Waals surface area contributed by atoms with E-state index < -0.39 is 0 Å². The van der Waals surface area contributed by atoms with Gasteiger partial charge in [-0.15, -0.1) is 0 Å². The second kappa shape index (κ2) is 4.77. The summed E-state index contributed by atoms with van der Waals surface area (Å²) in [6.45, 7) is 4.43. The number of para-hydroxylation sites is 1. The van der Waals surface area contributed by atoms with Gasteiger partial charge >= 0.3 is 0 Å².